The van der Waals surface area contributed by atoms with Crippen LogP contribution in [0.15, 0.2) is 36.1 Å². The average molecular weight is 447 g/mol. The van der Waals surface area contributed by atoms with Gasteiger partial charge in [0, 0.05) is 51.2 Å². The highest BCUT2D eigenvalue weighted by molar-refractivity contribution is 5.92. The summed E-state index contributed by atoms with van der Waals surface area (Å²) in [6, 6.07) is 7.22. The van der Waals surface area contributed by atoms with Crippen molar-refractivity contribution in [3.63, 3.8) is 0 Å². The third kappa shape index (κ3) is 5.68. The van der Waals surface area contributed by atoms with Crippen molar-refractivity contribution in [1.29, 1.82) is 0 Å². The zero-order chi connectivity index (χ0) is 23.1. The quantitative estimate of drug-likeness (QED) is 0.611. The van der Waals surface area contributed by atoms with Gasteiger partial charge in [0.1, 0.15) is 0 Å². The standard InChI is InChI=1S/C24H34N2O6/c1-4-31-24-19(6-5-15-27)20(17-7-9-18(10-8-17)23(29)30-3)16-21(32-24)22(28)26-13-11-25(2)12-14-26/h7-10,16,19-20,24,27H,4-6,11-15H2,1-3H3/t19-,20+,24+/m1/s1. The first-order chi connectivity index (χ1) is 15.5. The van der Waals surface area contributed by atoms with E-state index in [4.69, 9.17) is 14.2 Å². The molecule has 0 saturated carbocycles. The third-order valence-electron chi connectivity index (χ3n) is 6.13. The Kier molecular flexibility index (Phi) is 8.67. The Balaban J connectivity index is 1.92. The maximum atomic E-state index is 13.2. The second-order valence-corrected chi connectivity index (χ2v) is 8.24. The Morgan fingerprint density at radius 3 is 2.44 bits per heavy atom. The van der Waals surface area contributed by atoms with Crippen molar-refractivity contribution in [2.24, 2.45) is 5.92 Å². The lowest BCUT2D eigenvalue weighted by molar-refractivity contribution is -0.170. The van der Waals surface area contributed by atoms with Crippen molar-refractivity contribution >= 4 is 11.9 Å². The summed E-state index contributed by atoms with van der Waals surface area (Å²) in [4.78, 5) is 29.1. The number of hydrogen-bond acceptors (Lipinski definition) is 7. The summed E-state index contributed by atoms with van der Waals surface area (Å²) in [5.41, 5.74) is 1.42. The lowest BCUT2D eigenvalue weighted by Crippen LogP contribution is -2.49. The number of hydrogen-bond donors (Lipinski definition) is 1. The number of likely N-dealkylation sites (N-methyl/N-ethyl adjacent to an activating group) is 1. The molecule has 0 unspecified atom stereocenters. The molecular formula is C24H34N2O6. The Morgan fingerprint density at radius 2 is 1.84 bits per heavy atom. The number of amides is 1. The number of carbonyl (C=O) groups excluding carboxylic acids is 2. The Hall–Kier alpha value is -2.42. The fraction of sp³-hybridized carbons (Fsp3) is 0.583. The molecule has 1 N–H and O–H groups in total. The molecule has 1 aromatic rings. The molecule has 3 rings (SSSR count). The Morgan fingerprint density at radius 1 is 1.16 bits per heavy atom. The minimum Gasteiger partial charge on any atom is -0.465 e. The van der Waals surface area contributed by atoms with Gasteiger partial charge < -0.3 is 29.1 Å². The SMILES string of the molecule is CCO[C@H]1OC(C(=O)N2CCN(C)CC2)=C[C@@H](c2ccc(C(=O)OC)cc2)[C@H]1CCCO. The number of esters is 1. The fourth-order valence-corrected chi connectivity index (χ4v) is 4.26. The Labute approximate surface area is 189 Å². The van der Waals surface area contributed by atoms with Crippen LogP contribution in [0.4, 0.5) is 0 Å². The number of piperazine rings is 1. The van der Waals surface area contributed by atoms with Crippen molar-refractivity contribution in [2.45, 2.75) is 32.0 Å². The van der Waals surface area contributed by atoms with E-state index in [1.807, 2.05) is 37.1 Å². The van der Waals surface area contributed by atoms with Crippen molar-refractivity contribution in [1.82, 2.24) is 9.80 Å². The number of nitrogens with zero attached hydrogens (tertiary/aromatic N) is 2. The average Bonchev–Trinajstić information content (AvgIpc) is 2.82. The summed E-state index contributed by atoms with van der Waals surface area (Å²) >= 11 is 0. The van der Waals surface area contributed by atoms with Gasteiger partial charge in [-0.2, -0.15) is 0 Å². The molecule has 2 aliphatic heterocycles. The number of allylic oxidation sites excluding steroid dienone is 1. The van der Waals surface area contributed by atoms with Crippen LogP contribution in [0.1, 0.15) is 41.6 Å². The van der Waals surface area contributed by atoms with Gasteiger partial charge in [0.25, 0.3) is 5.91 Å². The normalized spacial score (nSPS) is 23.9. The molecule has 0 bridgehead atoms. The molecule has 32 heavy (non-hydrogen) atoms. The minimum absolute atomic E-state index is 0.0696. The van der Waals surface area contributed by atoms with Gasteiger partial charge in [-0.25, -0.2) is 4.79 Å². The molecule has 0 spiro atoms. The first-order valence-corrected chi connectivity index (χ1v) is 11.3. The molecule has 1 amide bonds. The van der Waals surface area contributed by atoms with Gasteiger partial charge >= 0.3 is 5.97 Å². The third-order valence-corrected chi connectivity index (χ3v) is 6.13. The molecule has 2 heterocycles. The van der Waals surface area contributed by atoms with E-state index < -0.39 is 12.3 Å². The number of rotatable bonds is 8. The van der Waals surface area contributed by atoms with E-state index in [0.717, 1.165) is 18.7 Å². The molecule has 8 heteroatoms. The van der Waals surface area contributed by atoms with Gasteiger partial charge in [-0.1, -0.05) is 12.1 Å². The van der Waals surface area contributed by atoms with Crippen LogP contribution in [0.3, 0.4) is 0 Å². The Bertz CT molecular complexity index is 801. The van der Waals surface area contributed by atoms with Crippen molar-refractivity contribution in [2.75, 3.05) is 53.6 Å². The highest BCUT2D eigenvalue weighted by Crippen LogP contribution is 2.39. The lowest BCUT2D eigenvalue weighted by Gasteiger charge is -2.39. The van der Waals surface area contributed by atoms with E-state index in [1.165, 1.54) is 7.11 Å². The molecule has 1 fully saturated rings. The second-order valence-electron chi connectivity index (χ2n) is 8.24. The largest absolute Gasteiger partial charge is 0.465 e. The van der Waals surface area contributed by atoms with Gasteiger partial charge in [-0.15, -0.1) is 0 Å². The van der Waals surface area contributed by atoms with Crippen LogP contribution in [-0.4, -0.2) is 86.6 Å². The molecule has 0 radical (unpaired) electrons. The van der Waals surface area contributed by atoms with Gasteiger partial charge in [0.15, 0.2) is 5.76 Å². The monoisotopic (exact) mass is 446 g/mol. The molecule has 0 aliphatic carbocycles. The molecule has 2 aliphatic rings. The summed E-state index contributed by atoms with van der Waals surface area (Å²) in [6.07, 6.45) is 2.57. The summed E-state index contributed by atoms with van der Waals surface area (Å²) < 4.78 is 16.8. The molecule has 176 valence electrons. The van der Waals surface area contributed by atoms with Crippen LogP contribution in [0.2, 0.25) is 0 Å². The van der Waals surface area contributed by atoms with Crippen LogP contribution in [-0.2, 0) is 19.0 Å². The second kappa shape index (κ2) is 11.4. The molecule has 0 aromatic heterocycles. The predicted octanol–water partition coefficient (Wildman–Crippen LogP) is 2.00. The highest BCUT2D eigenvalue weighted by Gasteiger charge is 2.39. The van der Waals surface area contributed by atoms with Crippen LogP contribution < -0.4 is 0 Å². The zero-order valence-electron chi connectivity index (χ0n) is 19.2. The smallest absolute Gasteiger partial charge is 0.337 e. The molecule has 1 aromatic carbocycles. The molecule has 3 atom stereocenters. The van der Waals surface area contributed by atoms with E-state index >= 15 is 0 Å². The van der Waals surface area contributed by atoms with Gasteiger partial charge in [0.05, 0.1) is 12.7 Å². The number of carbonyl (C=O) groups is 2. The van der Waals surface area contributed by atoms with E-state index in [1.54, 1.807) is 12.1 Å². The van der Waals surface area contributed by atoms with Gasteiger partial charge in [-0.05, 0) is 50.6 Å². The number of methoxy groups -OCH3 is 1. The highest BCUT2D eigenvalue weighted by atomic mass is 16.7. The van der Waals surface area contributed by atoms with E-state index in [2.05, 4.69) is 4.90 Å². The maximum absolute atomic E-state index is 13.2. The zero-order valence-corrected chi connectivity index (χ0v) is 19.2. The maximum Gasteiger partial charge on any atom is 0.337 e. The summed E-state index contributed by atoms with van der Waals surface area (Å²) in [5, 5.41) is 9.41. The van der Waals surface area contributed by atoms with Gasteiger partial charge in [0.2, 0.25) is 6.29 Å². The number of aliphatic hydroxyl groups excluding tert-OH is 1. The van der Waals surface area contributed by atoms with E-state index in [0.29, 0.717) is 43.9 Å². The van der Waals surface area contributed by atoms with E-state index in [9.17, 15) is 14.7 Å². The first-order valence-electron chi connectivity index (χ1n) is 11.3. The van der Waals surface area contributed by atoms with Crippen molar-refractivity contribution in [3.8, 4) is 0 Å². The van der Waals surface area contributed by atoms with Crippen LogP contribution >= 0.6 is 0 Å². The van der Waals surface area contributed by atoms with Crippen molar-refractivity contribution < 1.29 is 28.9 Å². The lowest BCUT2D eigenvalue weighted by atomic mass is 9.80. The van der Waals surface area contributed by atoms with Crippen LogP contribution in [0.5, 0.6) is 0 Å². The molecular weight excluding hydrogens is 412 g/mol. The van der Waals surface area contributed by atoms with Crippen molar-refractivity contribution in [3.05, 3.63) is 47.2 Å². The summed E-state index contributed by atoms with van der Waals surface area (Å²) in [7, 11) is 3.40. The summed E-state index contributed by atoms with van der Waals surface area (Å²) in [6.45, 7) is 5.37. The molecule has 1 saturated heterocycles. The van der Waals surface area contributed by atoms with E-state index in [-0.39, 0.29) is 24.3 Å². The predicted molar refractivity (Wildman–Crippen MR) is 119 cm³/mol. The fourth-order valence-electron chi connectivity index (χ4n) is 4.26. The summed E-state index contributed by atoms with van der Waals surface area (Å²) in [5.74, 6) is -0.441. The number of ether oxygens (including phenoxy) is 3. The number of benzene rings is 1. The topological polar surface area (TPSA) is 88.5 Å². The van der Waals surface area contributed by atoms with Crippen LogP contribution in [0, 0.1) is 5.92 Å². The van der Waals surface area contributed by atoms with Crippen LogP contribution in [0.25, 0.3) is 0 Å². The van der Waals surface area contributed by atoms with Gasteiger partial charge in [-0.3, -0.25) is 4.79 Å². The molecule has 8 nitrogen and oxygen atoms in total. The minimum atomic E-state index is -0.590. The first kappa shape index (κ1) is 24.2. The number of aliphatic hydroxyl groups is 1.